The summed E-state index contributed by atoms with van der Waals surface area (Å²) < 4.78 is 0. The van der Waals surface area contributed by atoms with Crippen LogP contribution in [0.3, 0.4) is 0 Å². The molecule has 0 heterocycles. The minimum absolute atomic E-state index is 0.356. The van der Waals surface area contributed by atoms with Gasteiger partial charge in [0, 0.05) is 6.21 Å². The largest absolute Gasteiger partial charge is 0.312 e. The molecule has 0 aromatic carbocycles. The van der Waals surface area contributed by atoms with Crippen LogP contribution in [0.1, 0.15) is 13.8 Å². The van der Waals surface area contributed by atoms with Gasteiger partial charge in [-0.2, -0.15) is 0 Å². The maximum atomic E-state index is 5.18. The molecule has 56 valence electrons. The average molecular weight is 138 g/mol. The van der Waals surface area contributed by atoms with Crippen molar-refractivity contribution < 1.29 is 0 Å². The maximum absolute atomic E-state index is 5.18. The van der Waals surface area contributed by atoms with Crippen molar-refractivity contribution in [3.63, 3.8) is 0 Å². The molecule has 2 nitrogen and oxygen atoms in total. The molecule has 0 amide bonds. The van der Waals surface area contributed by atoms with Crippen molar-refractivity contribution in [3.8, 4) is 0 Å². The van der Waals surface area contributed by atoms with Gasteiger partial charge in [-0.1, -0.05) is 18.2 Å². The second-order valence-electron chi connectivity index (χ2n) is 1.78. The van der Waals surface area contributed by atoms with E-state index in [0.29, 0.717) is 6.67 Å². The normalized spacial score (nSPS) is 13.7. The molecule has 0 unspecified atom stereocenters. The Kier molecular flexibility index (Phi) is 5.68. The third-order valence-electron chi connectivity index (χ3n) is 1.04. The third kappa shape index (κ3) is 4.04. The summed E-state index contributed by atoms with van der Waals surface area (Å²) in [5, 5.41) is 0. The van der Waals surface area contributed by atoms with E-state index in [4.69, 9.17) is 5.73 Å². The van der Waals surface area contributed by atoms with Gasteiger partial charge in [-0.3, -0.25) is 4.99 Å². The van der Waals surface area contributed by atoms with E-state index in [1.807, 2.05) is 32.1 Å². The molecule has 0 saturated carbocycles. The smallest absolute Gasteiger partial charge is 0.0859 e. The van der Waals surface area contributed by atoms with Crippen LogP contribution in [-0.4, -0.2) is 12.9 Å². The first kappa shape index (κ1) is 9.11. The number of nitrogens with two attached hydrogens (primary N) is 1. The van der Waals surface area contributed by atoms with Crippen LogP contribution in [0.15, 0.2) is 28.8 Å². The molecule has 2 N–H and O–H groups in total. The molecule has 0 saturated heterocycles. The maximum Gasteiger partial charge on any atom is 0.0859 e. The van der Waals surface area contributed by atoms with E-state index in [9.17, 15) is 0 Å². The Morgan fingerprint density at radius 1 is 1.50 bits per heavy atom. The summed E-state index contributed by atoms with van der Waals surface area (Å²) in [5.74, 6) is 0. The number of hydrogen-bond donors (Lipinski definition) is 1. The molecule has 0 aliphatic carbocycles. The zero-order valence-corrected chi connectivity index (χ0v) is 6.54. The molecule has 0 aliphatic rings. The topological polar surface area (TPSA) is 38.4 Å². The van der Waals surface area contributed by atoms with E-state index in [1.165, 1.54) is 0 Å². The van der Waals surface area contributed by atoms with Crippen LogP contribution in [0.5, 0.6) is 0 Å². The lowest BCUT2D eigenvalue weighted by Gasteiger charge is -1.88. The first-order chi connectivity index (χ1) is 4.85. The van der Waals surface area contributed by atoms with Crippen LogP contribution in [0.4, 0.5) is 0 Å². The van der Waals surface area contributed by atoms with Gasteiger partial charge in [0.15, 0.2) is 0 Å². The van der Waals surface area contributed by atoms with Crippen molar-refractivity contribution in [2.75, 3.05) is 6.67 Å². The molecule has 0 fully saturated rings. The number of aliphatic imine (C=N–C) groups is 1. The van der Waals surface area contributed by atoms with E-state index >= 15 is 0 Å². The van der Waals surface area contributed by atoms with Crippen molar-refractivity contribution in [1.29, 1.82) is 0 Å². The summed E-state index contributed by atoms with van der Waals surface area (Å²) in [4.78, 5) is 3.89. The first-order valence-electron chi connectivity index (χ1n) is 3.34. The molecule has 0 aliphatic heterocycles. The van der Waals surface area contributed by atoms with Crippen molar-refractivity contribution in [2.45, 2.75) is 13.8 Å². The van der Waals surface area contributed by atoms with Crippen molar-refractivity contribution in [1.82, 2.24) is 0 Å². The predicted octanol–water partition coefficient (Wildman–Crippen LogP) is 1.50. The third-order valence-corrected chi connectivity index (χ3v) is 1.04. The number of allylic oxidation sites excluding steroid dienone is 4. The lowest BCUT2D eigenvalue weighted by Crippen LogP contribution is -1.94. The van der Waals surface area contributed by atoms with Crippen LogP contribution in [0.25, 0.3) is 0 Å². The minimum atomic E-state index is 0.356. The molecule has 2 heteroatoms. The minimum Gasteiger partial charge on any atom is -0.312 e. The quantitative estimate of drug-likeness (QED) is 0.465. The molecular formula is C8H14N2. The van der Waals surface area contributed by atoms with E-state index < -0.39 is 0 Å². The molecule has 0 radical (unpaired) electrons. The van der Waals surface area contributed by atoms with Gasteiger partial charge in [0.05, 0.1) is 6.67 Å². The van der Waals surface area contributed by atoms with Crippen molar-refractivity contribution in [2.24, 2.45) is 10.7 Å². The van der Waals surface area contributed by atoms with E-state index in [0.717, 1.165) is 5.57 Å². The van der Waals surface area contributed by atoms with Crippen LogP contribution < -0.4 is 5.73 Å². The lowest BCUT2D eigenvalue weighted by molar-refractivity contribution is 1.08. The highest BCUT2D eigenvalue weighted by Gasteiger charge is 1.79. The molecule has 10 heavy (non-hydrogen) atoms. The Balaban J connectivity index is 3.97. The second-order valence-corrected chi connectivity index (χ2v) is 1.78. The Morgan fingerprint density at radius 2 is 2.20 bits per heavy atom. The Bertz CT molecular complexity index is 155. The van der Waals surface area contributed by atoms with Crippen LogP contribution in [-0.2, 0) is 0 Å². The first-order valence-corrected chi connectivity index (χ1v) is 3.34. The molecule has 0 aromatic rings. The van der Waals surface area contributed by atoms with E-state index in [-0.39, 0.29) is 0 Å². The fourth-order valence-electron chi connectivity index (χ4n) is 0.564. The summed E-state index contributed by atoms with van der Waals surface area (Å²) in [5.41, 5.74) is 6.27. The Labute approximate surface area is 62.1 Å². The number of hydrogen-bond acceptors (Lipinski definition) is 2. The fourth-order valence-corrected chi connectivity index (χ4v) is 0.564. The molecule has 0 rings (SSSR count). The Morgan fingerprint density at radius 3 is 2.60 bits per heavy atom. The van der Waals surface area contributed by atoms with Crippen LogP contribution in [0.2, 0.25) is 0 Å². The molecule has 0 aromatic heterocycles. The van der Waals surface area contributed by atoms with Gasteiger partial charge in [0.25, 0.3) is 0 Å². The zero-order valence-electron chi connectivity index (χ0n) is 6.54. The lowest BCUT2D eigenvalue weighted by atomic mass is 10.2. The number of rotatable bonds is 3. The summed E-state index contributed by atoms with van der Waals surface area (Å²) in [6, 6.07) is 0. The zero-order chi connectivity index (χ0) is 7.82. The van der Waals surface area contributed by atoms with Crippen molar-refractivity contribution in [3.05, 3.63) is 23.8 Å². The van der Waals surface area contributed by atoms with Gasteiger partial charge in [-0.05, 0) is 19.4 Å². The summed E-state index contributed by atoms with van der Waals surface area (Å²) in [6.45, 7) is 4.30. The molecule has 0 bridgehead atoms. The standard InChI is InChI=1S/C8H14N2/c1-3-5-8(4-2)6-10-7-9/h3-6H,7,9H2,1-2H3/b5-3+,8-4-,10-6-. The van der Waals surface area contributed by atoms with Gasteiger partial charge in [0.1, 0.15) is 0 Å². The molecule has 0 atom stereocenters. The van der Waals surface area contributed by atoms with Gasteiger partial charge in [-0.25, -0.2) is 0 Å². The monoisotopic (exact) mass is 138 g/mol. The second kappa shape index (κ2) is 6.23. The fraction of sp³-hybridized carbons (Fsp3) is 0.375. The van der Waals surface area contributed by atoms with Crippen LogP contribution >= 0.6 is 0 Å². The van der Waals surface area contributed by atoms with Crippen LogP contribution in [0, 0.1) is 0 Å². The highest BCUT2D eigenvalue weighted by atomic mass is 14.8. The molecular weight excluding hydrogens is 124 g/mol. The number of nitrogens with zero attached hydrogens (tertiary/aromatic N) is 1. The SMILES string of the molecule is C/C=C(\C=N/CN)/C=C/C. The van der Waals surface area contributed by atoms with Gasteiger partial charge in [-0.15, -0.1) is 0 Å². The van der Waals surface area contributed by atoms with Gasteiger partial charge in [0.2, 0.25) is 0 Å². The summed E-state index contributed by atoms with van der Waals surface area (Å²) in [6.07, 6.45) is 7.70. The average Bonchev–Trinajstić information content (AvgIpc) is 1.98. The predicted molar refractivity (Wildman–Crippen MR) is 46.1 cm³/mol. The summed E-state index contributed by atoms with van der Waals surface area (Å²) in [7, 11) is 0. The summed E-state index contributed by atoms with van der Waals surface area (Å²) >= 11 is 0. The highest BCUT2D eigenvalue weighted by Crippen LogP contribution is 1.91. The van der Waals surface area contributed by atoms with Gasteiger partial charge >= 0.3 is 0 Å². The van der Waals surface area contributed by atoms with E-state index in [1.54, 1.807) is 6.21 Å². The van der Waals surface area contributed by atoms with E-state index in [2.05, 4.69) is 4.99 Å². The Hall–Kier alpha value is -0.890. The molecule has 0 spiro atoms. The van der Waals surface area contributed by atoms with Gasteiger partial charge < -0.3 is 5.73 Å². The highest BCUT2D eigenvalue weighted by molar-refractivity contribution is 5.81. The van der Waals surface area contributed by atoms with Crippen molar-refractivity contribution >= 4 is 6.21 Å².